The number of carbonyl (C=O) groups excluding carboxylic acids is 1. The molecule has 1 aromatic rings. The van der Waals surface area contributed by atoms with Crippen LogP contribution in [0.5, 0.6) is 0 Å². The lowest BCUT2D eigenvalue weighted by Crippen LogP contribution is -2.51. The molecule has 0 aromatic heterocycles. The van der Waals surface area contributed by atoms with Gasteiger partial charge in [0.05, 0.1) is 6.54 Å². The molecular formula is C18H25N3O3. The minimum Gasteiger partial charge on any atom is -0.480 e. The van der Waals surface area contributed by atoms with E-state index < -0.39 is 12.0 Å². The summed E-state index contributed by atoms with van der Waals surface area (Å²) in [6, 6.07) is 9.86. The normalized spacial score (nSPS) is 22.7. The number of amides is 1. The SMILES string of the molecule is O=C(O)[C@@H]1CCCN1CC(=O)N1CCN(Cc2ccccc2)CC1. The first-order chi connectivity index (χ1) is 11.6. The molecule has 0 radical (unpaired) electrons. The van der Waals surface area contributed by atoms with Gasteiger partial charge in [0.2, 0.25) is 5.91 Å². The lowest BCUT2D eigenvalue weighted by molar-refractivity contribution is -0.143. The van der Waals surface area contributed by atoms with Gasteiger partial charge in [0.25, 0.3) is 0 Å². The number of nitrogens with zero attached hydrogens (tertiary/aromatic N) is 3. The fourth-order valence-electron chi connectivity index (χ4n) is 3.57. The van der Waals surface area contributed by atoms with Crippen LogP contribution in [0.15, 0.2) is 30.3 Å². The van der Waals surface area contributed by atoms with Crippen LogP contribution in [-0.4, -0.2) is 77.0 Å². The van der Waals surface area contributed by atoms with Crippen LogP contribution in [0, 0.1) is 0 Å². The summed E-state index contributed by atoms with van der Waals surface area (Å²) in [5, 5.41) is 9.21. The third-order valence-corrected chi connectivity index (χ3v) is 4.96. The molecule has 1 aromatic carbocycles. The van der Waals surface area contributed by atoms with Gasteiger partial charge in [-0.15, -0.1) is 0 Å². The van der Waals surface area contributed by atoms with Gasteiger partial charge < -0.3 is 10.0 Å². The second-order valence-corrected chi connectivity index (χ2v) is 6.61. The van der Waals surface area contributed by atoms with Gasteiger partial charge in [-0.05, 0) is 24.9 Å². The largest absolute Gasteiger partial charge is 0.480 e. The fourth-order valence-corrected chi connectivity index (χ4v) is 3.57. The predicted molar refractivity (Wildman–Crippen MR) is 90.5 cm³/mol. The third-order valence-electron chi connectivity index (χ3n) is 4.96. The van der Waals surface area contributed by atoms with Crippen molar-refractivity contribution in [1.82, 2.24) is 14.7 Å². The van der Waals surface area contributed by atoms with E-state index in [0.29, 0.717) is 13.0 Å². The monoisotopic (exact) mass is 331 g/mol. The Balaban J connectivity index is 1.46. The summed E-state index contributed by atoms with van der Waals surface area (Å²) in [5.41, 5.74) is 1.29. The first kappa shape index (κ1) is 16.9. The molecule has 6 heteroatoms. The van der Waals surface area contributed by atoms with Crippen molar-refractivity contribution in [2.45, 2.75) is 25.4 Å². The van der Waals surface area contributed by atoms with Gasteiger partial charge >= 0.3 is 5.97 Å². The number of hydrogen-bond acceptors (Lipinski definition) is 4. The van der Waals surface area contributed by atoms with Crippen molar-refractivity contribution < 1.29 is 14.7 Å². The van der Waals surface area contributed by atoms with E-state index in [1.54, 1.807) is 4.90 Å². The summed E-state index contributed by atoms with van der Waals surface area (Å²) < 4.78 is 0. The molecule has 2 fully saturated rings. The molecule has 130 valence electrons. The molecule has 3 rings (SSSR count). The van der Waals surface area contributed by atoms with E-state index in [-0.39, 0.29) is 12.5 Å². The maximum Gasteiger partial charge on any atom is 0.320 e. The zero-order valence-corrected chi connectivity index (χ0v) is 13.9. The zero-order valence-electron chi connectivity index (χ0n) is 13.9. The predicted octanol–water partition coefficient (Wildman–Crippen LogP) is 0.880. The number of hydrogen-bond donors (Lipinski definition) is 1. The number of rotatable bonds is 5. The van der Waals surface area contributed by atoms with Gasteiger partial charge in [0, 0.05) is 32.7 Å². The maximum atomic E-state index is 12.5. The number of carboxylic acids is 1. The molecule has 1 N–H and O–H groups in total. The van der Waals surface area contributed by atoms with Crippen LogP contribution in [0.1, 0.15) is 18.4 Å². The molecule has 2 aliphatic rings. The van der Waals surface area contributed by atoms with E-state index in [9.17, 15) is 14.7 Å². The van der Waals surface area contributed by atoms with E-state index in [1.807, 2.05) is 23.1 Å². The van der Waals surface area contributed by atoms with Crippen molar-refractivity contribution >= 4 is 11.9 Å². The minimum absolute atomic E-state index is 0.0579. The third kappa shape index (κ3) is 4.13. The number of aliphatic carboxylic acids is 1. The summed E-state index contributed by atoms with van der Waals surface area (Å²) in [4.78, 5) is 29.7. The molecule has 2 aliphatic heterocycles. The molecular weight excluding hydrogens is 306 g/mol. The quantitative estimate of drug-likeness (QED) is 0.868. The van der Waals surface area contributed by atoms with Gasteiger partial charge in [0.1, 0.15) is 6.04 Å². The Morgan fingerprint density at radius 2 is 1.75 bits per heavy atom. The molecule has 0 bridgehead atoms. The fraction of sp³-hybridized carbons (Fsp3) is 0.556. The van der Waals surface area contributed by atoms with Gasteiger partial charge in [-0.25, -0.2) is 0 Å². The highest BCUT2D eigenvalue weighted by Gasteiger charge is 2.33. The van der Waals surface area contributed by atoms with Gasteiger partial charge in [-0.2, -0.15) is 0 Å². The highest BCUT2D eigenvalue weighted by molar-refractivity contribution is 5.80. The van der Waals surface area contributed by atoms with Crippen LogP contribution >= 0.6 is 0 Å². The Hall–Kier alpha value is -1.92. The topological polar surface area (TPSA) is 64.1 Å². The van der Waals surface area contributed by atoms with Gasteiger partial charge in [0.15, 0.2) is 0 Å². The molecule has 24 heavy (non-hydrogen) atoms. The molecule has 0 spiro atoms. The zero-order chi connectivity index (χ0) is 16.9. The number of piperazine rings is 1. The Bertz CT molecular complexity index is 570. The molecule has 1 amide bonds. The summed E-state index contributed by atoms with van der Waals surface area (Å²) in [5.74, 6) is -0.754. The Morgan fingerprint density at radius 1 is 1.04 bits per heavy atom. The van der Waals surface area contributed by atoms with Crippen molar-refractivity contribution in [3.63, 3.8) is 0 Å². The lowest BCUT2D eigenvalue weighted by atomic mass is 10.2. The Morgan fingerprint density at radius 3 is 2.42 bits per heavy atom. The smallest absolute Gasteiger partial charge is 0.320 e. The lowest BCUT2D eigenvalue weighted by Gasteiger charge is -2.35. The van der Waals surface area contributed by atoms with Crippen molar-refractivity contribution in [2.24, 2.45) is 0 Å². The average molecular weight is 331 g/mol. The summed E-state index contributed by atoms with van der Waals surface area (Å²) in [7, 11) is 0. The van der Waals surface area contributed by atoms with Crippen LogP contribution in [0.25, 0.3) is 0 Å². The van der Waals surface area contributed by atoms with Crippen molar-refractivity contribution in [3.05, 3.63) is 35.9 Å². The molecule has 0 aliphatic carbocycles. The average Bonchev–Trinajstić information content (AvgIpc) is 3.05. The number of likely N-dealkylation sites (tertiary alicyclic amines) is 1. The van der Waals surface area contributed by atoms with Gasteiger partial charge in [-0.3, -0.25) is 19.4 Å². The molecule has 0 unspecified atom stereocenters. The van der Waals surface area contributed by atoms with E-state index in [0.717, 1.165) is 39.1 Å². The highest BCUT2D eigenvalue weighted by Crippen LogP contribution is 2.17. The van der Waals surface area contributed by atoms with Crippen molar-refractivity contribution in [1.29, 1.82) is 0 Å². The summed E-state index contributed by atoms with van der Waals surface area (Å²) in [6.07, 6.45) is 1.50. The molecule has 2 heterocycles. The summed E-state index contributed by atoms with van der Waals surface area (Å²) in [6.45, 7) is 5.02. The Labute approximate surface area is 142 Å². The highest BCUT2D eigenvalue weighted by atomic mass is 16.4. The van der Waals surface area contributed by atoms with Crippen LogP contribution in [0.2, 0.25) is 0 Å². The van der Waals surface area contributed by atoms with Crippen LogP contribution in [-0.2, 0) is 16.1 Å². The van der Waals surface area contributed by atoms with Gasteiger partial charge in [-0.1, -0.05) is 30.3 Å². The molecule has 2 saturated heterocycles. The first-order valence-electron chi connectivity index (χ1n) is 8.64. The summed E-state index contributed by atoms with van der Waals surface area (Å²) >= 11 is 0. The first-order valence-corrected chi connectivity index (χ1v) is 8.64. The Kier molecular flexibility index (Phi) is 5.48. The minimum atomic E-state index is -0.812. The second kappa shape index (κ2) is 7.77. The van der Waals surface area contributed by atoms with Crippen LogP contribution in [0.3, 0.4) is 0 Å². The van der Waals surface area contributed by atoms with Crippen LogP contribution in [0.4, 0.5) is 0 Å². The van der Waals surface area contributed by atoms with Crippen molar-refractivity contribution in [3.8, 4) is 0 Å². The number of carbonyl (C=O) groups is 2. The molecule has 6 nitrogen and oxygen atoms in total. The second-order valence-electron chi connectivity index (χ2n) is 6.61. The van der Waals surface area contributed by atoms with Crippen LogP contribution < -0.4 is 0 Å². The van der Waals surface area contributed by atoms with E-state index >= 15 is 0 Å². The number of carboxylic acid groups (broad SMARTS) is 1. The van der Waals surface area contributed by atoms with E-state index in [1.165, 1.54) is 5.56 Å². The van der Waals surface area contributed by atoms with E-state index in [4.69, 9.17) is 0 Å². The molecule has 1 atom stereocenters. The maximum absolute atomic E-state index is 12.5. The van der Waals surface area contributed by atoms with Crippen molar-refractivity contribution in [2.75, 3.05) is 39.3 Å². The van der Waals surface area contributed by atoms with E-state index in [2.05, 4.69) is 17.0 Å². The number of benzene rings is 1. The standard InChI is InChI=1S/C18H25N3O3/c22-17(14-21-8-4-7-16(21)18(23)24)20-11-9-19(10-12-20)13-15-5-2-1-3-6-15/h1-3,5-6,16H,4,7-14H2,(H,23,24)/t16-/m0/s1. The molecule has 0 saturated carbocycles.